The van der Waals surface area contributed by atoms with E-state index < -0.39 is 11.5 Å². The molecule has 0 spiro atoms. The van der Waals surface area contributed by atoms with Crippen LogP contribution < -0.4 is 5.32 Å². The lowest BCUT2D eigenvalue weighted by Gasteiger charge is -2.35. The summed E-state index contributed by atoms with van der Waals surface area (Å²) < 4.78 is 47.8. The van der Waals surface area contributed by atoms with E-state index in [4.69, 9.17) is 14.7 Å². The van der Waals surface area contributed by atoms with E-state index in [2.05, 4.69) is 212 Å². The number of nitriles is 1. The molecule has 0 aromatic rings. The lowest BCUT2D eigenvalue weighted by molar-refractivity contribution is -0.167. The van der Waals surface area contributed by atoms with Gasteiger partial charge in [0.2, 0.25) is 0 Å². The highest BCUT2D eigenvalue weighted by atomic mass is 19.3. The van der Waals surface area contributed by atoms with E-state index in [9.17, 15) is 23.4 Å². The molecular formula is C86H177F3N2O4. The summed E-state index contributed by atoms with van der Waals surface area (Å²) in [4.78, 5) is 0. The Morgan fingerprint density at radius 1 is 0.632 bits per heavy atom. The zero-order valence-corrected chi connectivity index (χ0v) is 69.9. The monoisotopic (exact) mass is 1360 g/mol. The van der Waals surface area contributed by atoms with E-state index >= 15 is 0 Å². The van der Waals surface area contributed by atoms with Gasteiger partial charge in [-0.1, -0.05) is 255 Å². The van der Waals surface area contributed by atoms with Crippen LogP contribution in [0.15, 0.2) is 0 Å². The summed E-state index contributed by atoms with van der Waals surface area (Å²) in [7, 11) is 1.78. The van der Waals surface area contributed by atoms with Gasteiger partial charge in [-0.2, -0.15) is 5.26 Å². The summed E-state index contributed by atoms with van der Waals surface area (Å²) in [5, 5.41) is 30.6. The SMILES string of the molecule is C.CC(C)(C)CC1CC1.CC(C)(C)CCC1CCOCC1.CC(C)C(C)(C)C.CC(C)C1CCC(O)(C(C)(F)F)C1.CC(C)C1CNCC1O.CC(C)CCCF.CC(C1CC1)C(C)(C)C.CC1CCC(C(C)(C)C)CC1.CCC(C#N)C(C)C.COCC(C(C)C)C(C)C. The van der Waals surface area contributed by atoms with Crippen LogP contribution in [0.2, 0.25) is 0 Å². The third-order valence-corrected chi connectivity index (χ3v) is 21.7. The first-order valence-electron chi connectivity index (χ1n) is 39.2. The maximum atomic E-state index is 13.0. The Bertz CT molecular complexity index is 1770. The number of nitrogens with zero attached hydrogens (tertiary/aromatic N) is 1. The molecule has 0 aromatic carbocycles. The molecule has 6 aliphatic rings. The minimum absolute atomic E-state index is 0. The third-order valence-electron chi connectivity index (χ3n) is 21.7. The minimum Gasteiger partial charge on any atom is -0.391 e. The summed E-state index contributed by atoms with van der Waals surface area (Å²) in [5.74, 6) is 9.18. The van der Waals surface area contributed by atoms with Crippen LogP contribution in [-0.2, 0) is 9.47 Å². The van der Waals surface area contributed by atoms with Crippen molar-refractivity contribution < 1.29 is 32.9 Å². The van der Waals surface area contributed by atoms with Gasteiger partial charge in [0.05, 0.1) is 18.8 Å². The minimum atomic E-state index is -2.96. The van der Waals surface area contributed by atoms with E-state index in [1.54, 1.807) is 7.11 Å². The van der Waals surface area contributed by atoms with Gasteiger partial charge in [-0.15, -0.1) is 0 Å². The predicted octanol–water partition coefficient (Wildman–Crippen LogP) is 26.5. The van der Waals surface area contributed by atoms with E-state index in [1.807, 2.05) is 20.8 Å². The van der Waals surface area contributed by atoms with E-state index in [0.29, 0.717) is 62.6 Å². The smallest absolute Gasteiger partial charge is 0.273 e. The molecule has 9 heteroatoms. The van der Waals surface area contributed by atoms with Crippen LogP contribution in [0.4, 0.5) is 13.2 Å². The van der Waals surface area contributed by atoms with Crippen LogP contribution in [0.1, 0.15) is 358 Å². The molecule has 0 aromatic heterocycles. The number of hydrogen-bond acceptors (Lipinski definition) is 6. The van der Waals surface area contributed by atoms with Gasteiger partial charge in [-0.25, -0.2) is 8.78 Å². The number of nitrogens with one attached hydrogen (secondary N) is 1. The van der Waals surface area contributed by atoms with Crippen molar-refractivity contribution >= 4 is 0 Å². The number of aliphatic hydroxyl groups is 2. The van der Waals surface area contributed by atoms with Crippen LogP contribution in [0, 0.1) is 139 Å². The van der Waals surface area contributed by atoms with Crippen LogP contribution in [0.3, 0.4) is 0 Å². The van der Waals surface area contributed by atoms with E-state index in [0.717, 1.165) is 119 Å². The molecule has 3 N–H and O–H groups in total. The molecule has 2 heterocycles. The number of β-amino-alcohol motifs (C(OH)–C–C–N with tert-alkyl or cyclic N) is 1. The number of ether oxygens (including phenoxy) is 2. The quantitative estimate of drug-likeness (QED) is 0.143. The van der Waals surface area contributed by atoms with Gasteiger partial charge < -0.3 is 25.0 Å². The van der Waals surface area contributed by atoms with Crippen molar-refractivity contribution in [2.24, 2.45) is 128 Å². The Hall–Kier alpha value is -0.920. The van der Waals surface area contributed by atoms with E-state index in [-0.39, 0.29) is 44.9 Å². The van der Waals surface area contributed by atoms with Gasteiger partial charge in [0, 0.05) is 58.8 Å². The van der Waals surface area contributed by atoms with Crippen LogP contribution in [0.25, 0.3) is 0 Å². The fraction of sp³-hybridized carbons (Fsp3) is 0.988. The van der Waals surface area contributed by atoms with Crippen LogP contribution in [-0.4, -0.2) is 74.5 Å². The first-order valence-corrected chi connectivity index (χ1v) is 39.2. The summed E-state index contributed by atoms with van der Waals surface area (Å²) >= 11 is 0. The average molecular weight is 1360 g/mol. The third kappa shape index (κ3) is 56.3. The predicted molar refractivity (Wildman–Crippen MR) is 416 cm³/mol. The molecule has 576 valence electrons. The van der Waals surface area contributed by atoms with Crippen LogP contribution in [0.5, 0.6) is 0 Å². The highest BCUT2D eigenvalue weighted by Crippen LogP contribution is 2.47. The van der Waals surface area contributed by atoms with Crippen molar-refractivity contribution in [2.75, 3.05) is 46.7 Å². The number of alkyl halides is 3. The van der Waals surface area contributed by atoms with Crippen molar-refractivity contribution in [3.05, 3.63) is 0 Å². The summed E-state index contributed by atoms with van der Waals surface area (Å²) in [6, 6.07) is 2.25. The molecule has 0 radical (unpaired) electrons. The highest BCUT2D eigenvalue weighted by molar-refractivity contribution is 4.98. The zero-order valence-electron chi connectivity index (χ0n) is 69.9. The molecule has 0 amide bonds. The maximum Gasteiger partial charge on any atom is 0.273 e. The second kappa shape index (κ2) is 51.3. The summed E-state index contributed by atoms with van der Waals surface area (Å²) in [6.07, 6.45) is 22.4. The van der Waals surface area contributed by atoms with Crippen LogP contribution >= 0.6 is 0 Å². The fourth-order valence-electron chi connectivity index (χ4n) is 12.2. The Morgan fingerprint density at radius 2 is 1.12 bits per heavy atom. The van der Waals surface area contributed by atoms with Gasteiger partial charge in [0.15, 0.2) is 0 Å². The molecular weight excluding hydrogens is 1180 g/mol. The molecule has 95 heavy (non-hydrogen) atoms. The van der Waals surface area contributed by atoms with Crippen molar-refractivity contribution in [1.29, 1.82) is 5.26 Å². The number of methoxy groups -OCH3 is 1. The topological polar surface area (TPSA) is 94.7 Å². The zero-order chi connectivity index (χ0) is 74.4. The van der Waals surface area contributed by atoms with Gasteiger partial charge >= 0.3 is 0 Å². The molecule has 6 rings (SSSR count). The maximum absolute atomic E-state index is 13.0. The molecule has 6 nitrogen and oxygen atoms in total. The number of rotatable bonds is 16. The molecule has 2 saturated heterocycles. The molecule has 2 aliphatic heterocycles. The largest absolute Gasteiger partial charge is 0.391 e. The lowest BCUT2D eigenvalue weighted by Crippen LogP contribution is -2.43. The normalized spacial score (nSPS) is 23.1. The fourth-order valence-corrected chi connectivity index (χ4v) is 12.2. The second-order valence-corrected chi connectivity index (χ2v) is 38.7. The van der Waals surface area contributed by atoms with Crippen molar-refractivity contribution in [3.63, 3.8) is 0 Å². The molecule has 0 bridgehead atoms. The Morgan fingerprint density at radius 3 is 1.32 bits per heavy atom. The Kier molecular flexibility index (Phi) is 55.4. The molecule has 6 atom stereocenters. The van der Waals surface area contributed by atoms with Crippen molar-refractivity contribution in [2.45, 2.75) is 376 Å². The number of aliphatic hydroxyl groups excluding tert-OH is 1. The van der Waals surface area contributed by atoms with Gasteiger partial charge in [0.1, 0.15) is 5.60 Å². The molecule has 4 saturated carbocycles. The first-order chi connectivity index (χ1) is 42.7. The standard InChI is InChI=1S/C11H22O.C11H22.C10H18F2O.C9H20O.C9H18.C8H16.C7H15NO.C7H13N.C7H16.C6H13F.CH4/c1-11(2,3)7-4-10-5-8-12-9-6-10;1-9-5-7-10(8-6-9)11(2,3)4;1-7(2)8-4-5-10(13,6-8)9(3,11)12;1-7(2)9(6-10-5)8(3)4;1-7(8-5-6-8)9(2,3)4;1-8(2,3)6-7-4-5-7;1-5(2)6-3-8-4-7(6)9;1-4-7(5-8)6(2)3;1-6(2)7(3,4)5;1-6(2)4-3-5-7;/h10H,4-9H2,1-3H3;9-10H,5-8H2,1-4H3;7-8,13H,4-6H2,1-3H3;7-9H,6H2,1-5H3;7-8H,5-6H2,1-4H3;7H,4-6H2,1-3H3;5-9H,3-4H2,1-2H3;6-7H,4H2,1-3H3;6H,1-5H3;6H,3-5H2,1-2H3;1H4. The van der Waals surface area contributed by atoms with Gasteiger partial charge in [-0.3, -0.25) is 4.39 Å². The molecule has 6 fully saturated rings. The number of halogens is 3. The number of hydrogen-bond donors (Lipinski definition) is 3. The molecule has 6 unspecified atom stereocenters. The van der Waals surface area contributed by atoms with E-state index in [1.165, 1.54) is 83.5 Å². The summed E-state index contributed by atoms with van der Waals surface area (Å²) in [6.45, 7) is 77.3. The molecule has 4 aliphatic carbocycles. The van der Waals surface area contributed by atoms with Crippen molar-refractivity contribution in [1.82, 2.24) is 5.32 Å². The Labute approximate surface area is 596 Å². The second-order valence-electron chi connectivity index (χ2n) is 38.7. The highest BCUT2D eigenvalue weighted by Gasteiger charge is 2.53. The summed E-state index contributed by atoms with van der Waals surface area (Å²) in [5.41, 5.74) is 0.947. The average Bonchev–Trinajstić information content (AvgIpc) is 1.67. The first kappa shape index (κ1) is 103. The Balaban J connectivity index is -0.000000317. The van der Waals surface area contributed by atoms with Crippen molar-refractivity contribution in [3.8, 4) is 6.07 Å². The lowest BCUT2D eigenvalue weighted by atomic mass is 9.70. The van der Waals surface area contributed by atoms with Gasteiger partial charge in [0.25, 0.3) is 5.92 Å². The van der Waals surface area contributed by atoms with Gasteiger partial charge in [-0.05, 0) is 212 Å².